The summed E-state index contributed by atoms with van der Waals surface area (Å²) in [4.78, 5) is 43.1. The highest BCUT2D eigenvalue weighted by molar-refractivity contribution is 7.45. The number of phosphoric acid groups is 2. The molecule has 1 unspecified atom stereocenters. The molecule has 0 saturated carbocycles. The quantitative estimate of drug-likeness (QED) is 0.213. The lowest BCUT2D eigenvalue weighted by Gasteiger charge is -2.10. The molecular weight excluding hydrogens is 360 g/mol. The summed E-state index contributed by atoms with van der Waals surface area (Å²) in [7, 11) is -7.55. The zero-order valence-electron chi connectivity index (χ0n) is 11.8. The van der Waals surface area contributed by atoms with Gasteiger partial charge in [0.05, 0.1) is 6.10 Å². The van der Waals surface area contributed by atoms with E-state index in [0.717, 1.165) is 0 Å². The molecule has 10 N–H and O–H groups in total. The second kappa shape index (κ2) is 10.7. The maximum Gasteiger partial charge on any atom is 0.466 e. The molecule has 0 spiro atoms. The maximum absolute atomic E-state index is 9.48. The topological polar surface area (TPSA) is 228 Å². The molecule has 0 aliphatic rings. The van der Waals surface area contributed by atoms with Crippen LogP contribution in [0.2, 0.25) is 0 Å². The van der Waals surface area contributed by atoms with E-state index in [1.807, 2.05) is 0 Å². The van der Waals surface area contributed by atoms with Crippen LogP contribution < -0.4 is 5.32 Å². The van der Waals surface area contributed by atoms with Crippen LogP contribution in [0.3, 0.4) is 0 Å². The third-order valence-corrected chi connectivity index (χ3v) is 1.78. The van der Waals surface area contributed by atoms with Crippen molar-refractivity contribution in [3.63, 3.8) is 0 Å². The second-order valence-electron chi connectivity index (χ2n) is 3.85. The third kappa shape index (κ3) is 21.0. The summed E-state index contributed by atoms with van der Waals surface area (Å²) < 4.78 is 17.8. The van der Waals surface area contributed by atoms with E-state index in [2.05, 4.69) is 5.32 Å². The van der Waals surface area contributed by atoms with Gasteiger partial charge < -0.3 is 50.0 Å². The zero-order valence-corrected chi connectivity index (χ0v) is 13.5. The van der Waals surface area contributed by atoms with Crippen LogP contribution >= 0.6 is 15.6 Å². The third-order valence-electron chi connectivity index (χ3n) is 1.78. The largest absolute Gasteiger partial charge is 0.504 e. The molecule has 0 saturated heterocycles. The number of benzene rings is 1. The molecule has 0 radical (unpaired) electrons. The highest BCUT2D eigenvalue weighted by Crippen LogP contribution is 2.27. The fourth-order valence-electron chi connectivity index (χ4n) is 1.06. The smallest absolute Gasteiger partial charge is 0.466 e. The minimum Gasteiger partial charge on any atom is -0.504 e. The Hall–Kier alpha value is -1.04. The van der Waals surface area contributed by atoms with E-state index in [4.69, 9.17) is 48.7 Å². The molecule has 0 bridgehead atoms. The van der Waals surface area contributed by atoms with Crippen molar-refractivity contribution in [1.82, 2.24) is 5.32 Å². The second-order valence-corrected chi connectivity index (χ2v) is 5.90. The molecule has 0 aliphatic heterocycles. The van der Waals surface area contributed by atoms with Crippen molar-refractivity contribution >= 4 is 15.6 Å². The number of aliphatic hydroxyl groups is 1. The molecule has 0 aliphatic carbocycles. The van der Waals surface area contributed by atoms with Crippen LogP contribution in [0.4, 0.5) is 0 Å². The van der Waals surface area contributed by atoms with Gasteiger partial charge in [-0.1, -0.05) is 6.07 Å². The Morgan fingerprint density at radius 3 is 1.65 bits per heavy atom. The Balaban J connectivity index is 0. The van der Waals surface area contributed by atoms with Gasteiger partial charge in [0.25, 0.3) is 0 Å². The minimum absolute atomic E-state index is 0.180. The Morgan fingerprint density at radius 1 is 0.957 bits per heavy atom. The molecule has 1 aromatic rings. The number of hydrogen-bond donors (Lipinski definition) is 10. The maximum atomic E-state index is 9.48. The van der Waals surface area contributed by atoms with E-state index >= 15 is 0 Å². The van der Waals surface area contributed by atoms with Gasteiger partial charge in [-0.3, -0.25) is 0 Å². The molecule has 14 heteroatoms. The SMILES string of the molecule is CNCC(O)c1ccc(O)c(O)c1.O=P(O)(O)O.O=P(O)(O)O. The van der Waals surface area contributed by atoms with Crippen LogP contribution in [0, 0.1) is 0 Å². The number of likely N-dealkylation sites (N-methyl/N-ethyl adjacent to an activating group) is 1. The van der Waals surface area contributed by atoms with Gasteiger partial charge in [0.15, 0.2) is 11.5 Å². The molecule has 0 heterocycles. The number of hydrogen-bond acceptors (Lipinski definition) is 6. The highest BCUT2D eigenvalue weighted by atomic mass is 31.2. The van der Waals surface area contributed by atoms with Gasteiger partial charge in [-0.15, -0.1) is 0 Å². The molecule has 12 nitrogen and oxygen atoms in total. The average Bonchev–Trinajstić information content (AvgIpc) is 2.28. The Labute approximate surface area is 130 Å². The fraction of sp³-hybridized carbons (Fsp3) is 0.333. The van der Waals surface area contributed by atoms with Gasteiger partial charge in [-0.25, -0.2) is 9.13 Å². The van der Waals surface area contributed by atoms with Gasteiger partial charge in [-0.05, 0) is 24.7 Å². The van der Waals surface area contributed by atoms with E-state index in [-0.39, 0.29) is 11.5 Å². The summed E-state index contributed by atoms with van der Waals surface area (Å²) in [5, 5.41) is 30.4. The van der Waals surface area contributed by atoms with E-state index in [9.17, 15) is 5.11 Å². The van der Waals surface area contributed by atoms with Crippen molar-refractivity contribution in [2.45, 2.75) is 6.10 Å². The summed E-state index contributed by atoms with van der Waals surface area (Å²) in [5.74, 6) is -0.395. The van der Waals surface area contributed by atoms with Gasteiger partial charge in [0.2, 0.25) is 0 Å². The monoisotopic (exact) mass is 379 g/mol. The van der Waals surface area contributed by atoms with Crippen LogP contribution in [-0.2, 0) is 9.13 Å². The van der Waals surface area contributed by atoms with Crippen molar-refractivity contribution in [3.05, 3.63) is 23.8 Å². The molecule has 0 fully saturated rings. The summed E-state index contributed by atoms with van der Waals surface area (Å²) in [6.45, 7) is 0.407. The average molecular weight is 379 g/mol. The van der Waals surface area contributed by atoms with E-state index in [0.29, 0.717) is 12.1 Å². The van der Waals surface area contributed by atoms with Crippen molar-refractivity contribution in [3.8, 4) is 11.5 Å². The Kier molecular flexibility index (Phi) is 11.2. The van der Waals surface area contributed by atoms with Crippen molar-refractivity contribution in [1.29, 1.82) is 0 Å². The van der Waals surface area contributed by atoms with Crippen LogP contribution in [0.25, 0.3) is 0 Å². The molecule has 1 atom stereocenters. The zero-order chi connectivity index (χ0) is 18.8. The van der Waals surface area contributed by atoms with Crippen LogP contribution in [0.1, 0.15) is 11.7 Å². The van der Waals surface area contributed by atoms with Gasteiger partial charge >= 0.3 is 15.6 Å². The molecule has 136 valence electrons. The summed E-state index contributed by atoms with van der Waals surface area (Å²) in [5.41, 5.74) is 0.574. The standard InChI is InChI=1S/C9H13NO3.2H3O4P/c1-10-5-9(13)6-2-3-7(11)8(12)4-6;2*1-5(2,3)4/h2-4,9-13H,5H2,1H3;2*(H3,1,2,3,4). The summed E-state index contributed by atoms with van der Waals surface area (Å²) in [6.07, 6.45) is -0.670. The fourth-order valence-corrected chi connectivity index (χ4v) is 1.06. The Bertz CT molecular complexity index is 518. The molecule has 1 rings (SSSR count). The predicted octanol–water partition coefficient (Wildman–Crippen LogP) is -1.51. The molecule has 0 amide bonds. The first-order valence-corrected chi connectivity index (χ1v) is 8.69. The van der Waals surface area contributed by atoms with Gasteiger partial charge in [0.1, 0.15) is 0 Å². The van der Waals surface area contributed by atoms with Crippen molar-refractivity contribution in [2.24, 2.45) is 0 Å². The van der Waals surface area contributed by atoms with E-state index in [1.165, 1.54) is 12.1 Å². The van der Waals surface area contributed by atoms with Crippen LogP contribution in [0.15, 0.2) is 18.2 Å². The lowest BCUT2D eigenvalue weighted by Crippen LogP contribution is -2.16. The predicted molar refractivity (Wildman–Crippen MR) is 77.2 cm³/mol. The number of rotatable bonds is 3. The number of aromatic hydroxyl groups is 2. The lowest BCUT2D eigenvalue weighted by atomic mass is 10.1. The number of phenolic OH excluding ortho intramolecular Hbond substituents is 2. The first-order chi connectivity index (χ1) is 10.1. The number of aliphatic hydroxyl groups excluding tert-OH is 1. The summed E-state index contributed by atoms with van der Waals surface area (Å²) >= 11 is 0. The first-order valence-electron chi connectivity index (χ1n) is 5.56. The molecule has 1 aromatic carbocycles. The van der Waals surface area contributed by atoms with Gasteiger partial charge in [0, 0.05) is 6.54 Å². The molecular formula is C9H19NO11P2. The lowest BCUT2D eigenvalue weighted by molar-refractivity contribution is 0.177. The summed E-state index contributed by atoms with van der Waals surface area (Å²) in [6, 6.07) is 4.26. The highest BCUT2D eigenvalue weighted by Gasteiger charge is 2.08. The number of nitrogens with one attached hydrogen (secondary N) is 1. The first kappa shape index (κ1) is 24.2. The van der Waals surface area contributed by atoms with E-state index < -0.39 is 21.7 Å². The van der Waals surface area contributed by atoms with Crippen LogP contribution in [-0.4, -0.2) is 58.3 Å². The minimum atomic E-state index is -4.64. The Morgan fingerprint density at radius 2 is 1.35 bits per heavy atom. The van der Waals surface area contributed by atoms with Crippen LogP contribution in [0.5, 0.6) is 11.5 Å². The molecule has 23 heavy (non-hydrogen) atoms. The van der Waals surface area contributed by atoms with Crippen molar-refractivity contribution < 1.29 is 53.8 Å². The molecule has 0 aromatic heterocycles. The van der Waals surface area contributed by atoms with Gasteiger partial charge in [-0.2, -0.15) is 0 Å². The normalized spacial score (nSPS) is 12.3. The number of phenols is 2. The van der Waals surface area contributed by atoms with Crippen molar-refractivity contribution in [2.75, 3.05) is 13.6 Å². The van der Waals surface area contributed by atoms with E-state index in [1.54, 1.807) is 13.1 Å².